The number of amides is 2. The summed E-state index contributed by atoms with van der Waals surface area (Å²) in [5, 5.41) is 20.1. The van der Waals surface area contributed by atoms with Crippen LogP contribution in [0.4, 0.5) is 0 Å². The van der Waals surface area contributed by atoms with E-state index in [0.717, 1.165) is 16.2 Å². The van der Waals surface area contributed by atoms with E-state index in [4.69, 9.17) is 9.84 Å². The zero-order valence-corrected chi connectivity index (χ0v) is 23.2. The Labute approximate surface area is 234 Å². The van der Waals surface area contributed by atoms with Crippen molar-refractivity contribution in [2.45, 2.75) is 31.1 Å². The fraction of sp³-hybridized carbons (Fsp3) is 0.250. The first-order valence-electron chi connectivity index (χ1n) is 12.4. The molecular weight excluding hydrogens is 532 g/mol. The van der Waals surface area contributed by atoms with Crippen LogP contribution in [0.3, 0.4) is 0 Å². The lowest BCUT2D eigenvalue weighted by Gasteiger charge is -2.22. The molecule has 0 bridgehead atoms. The molecule has 2 aromatic carbocycles. The van der Waals surface area contributed by atoms with Gasteiger partial charge in [0.25, 0.3) is 11.8 Å². The van der Waals surface area contributed by atoms with Crippen molar-refractivity contribution in [1.29, 1.82) is 0 Å². The third-order valence-corrected chi connectivity index (χ3v) is 8.16. The van der Waals surface area contributed by atoms with Gasteiger partial charge in [0.1, 0.15) is 5.75 Å². The number of aromatic nitrogens is 3. The summed E-state index contributed by atoms with van der Waals surface area (Å²) in [5.41, 5.74) is 3.15. The number of hydrogen-bond acceptors (Lipinski definition) is 8. The fourth-order valence-corrected chi connectivity index (χ4v) is 5.59. The Bertz CT molecular complexity index is 1450. The first-order valence-corrected chi connectivity index (χ1v) is 14.3. The van der Waals surface area contributed by atoms with Gasteiger partial charge in [-0.15, -0.1) is 21.5 Å². The first kappa shape index (κ1) is 26.6. The van der Waals surface area contributed by atoms with E-state index in [9.17, 15) is 9.59 Å². The predicted octanol–water partition coefficient (Wildman–Crippen LogP) is 4.35. The molecule has 39 heavy (non-hydrogen) atoms. The van der Waals surface area contributed by atoms with Crippen LogP contribution < -0.4 is 10.1 Å². The SMILES string of the molecule is Cc1ccc(C2CC(c3cccs3)=NN2C(=O)CSc2nnc(CNC(=O)COc3ccccc3)n2C)cc1. The van der Waals surface area contributed by atoms with E-state index in [1.165, 1.54) is 17.3 Å². The normalized spacial score (nSPS) is 14.8. The highest BCUT2D eigenvalue weighted by atomic mass is 32.2. The van der Waals surface area contributed by atoms with Crippen LogP contribution in [0.1, 0.15) is 34.3 Å². The Morgan fingerprint density at radius 3 is 2.62 bits per heavy atom. The Morgan fingerprint density at radius 2 is 1.87 bits per heavy atom. The third kappa shape index (κ3) is 6.55. The van der Waals surface area contributed by atoms with Crippen LogP contribution in [-0.2, 0) is 23.2 Å². The van der Waals surface area contributed by atoms with E-state index in [1.54, 1.807) is 33.0 Å². The molecular formula is C28H28N6O3S2. The van der Waals surface area contributed by atoms with E-state index < -0.39 is 0 Å². The molecule has 0 radical (unpaired) electrons. The monoisotopic (exact) mass is 560 g/mol. The van der Waals surface area contributed by atoms with Crippen LogP contribution in [0.15, 0.2) is 82.4 Å². The molecule has 1 N–H and O–H groups in total. The molecule has 1 atom stereocenters. The molecule has 2 aromatic heterocycles. The van der Waals surface area contributed by atoms with E-state index in [1.807, 2.05) is 49.7 Å². The minimum atomic E-state index is -0.262. The molecule has 0 saturated heterocycles. The molecule has 0 saturated carbocycles. The standard InChI is InChI=1S/C28H28N6O3S2/c1-19-10-12-20(13-11-19)23-15-22(24-9-6-14-38-24)32-34(23)27(36)18-39-28-31-30-25(33(28)2)16-29-26(35)17-37-21-7-4-3-5-8-21/h3-14,23H,15-18H2,1-2H3,(H,29,35). The van der Waals surface area contributed by atoms with Crippen LogP contribution >= 0.6 is 23.1 Å². The van der Waals surface area contributed by atoms with Crippen molar-refractivity contribution in [3.63, 3.8) is 0 Å². The van der Waals surface area contributed by atoms with Crippen LogP contribution in [0.5, 0.6) is 5.75 Å². The minimum Gasteiger partial charge on any atom is -0.484 e. The highest BCUT2D eigenvalue weighted by molar-refractivity contribution is 7.99. The van der Waals surface area contributed by atoms with Gasteiger partial charge in [-0.25, -0.2) is 5.01 Å². The van der Waals surface area contributed by atoms with Gasteiger partial charge in [0.15, 0.2) is 17.6 Å². The number of benzene rings is 2. The Hall–Kier alpha value is -3.96. The number of carbonyl (C=O) groups is 2. The molecule has 0 spiro atoms. The van der Waals surface area contributed by atoms with Crippen LogP contribution in [0.25, 0.3) is 0 Å². The van der Waals surface area contributed by atoms with Crippen molar-refractivity contribution in [2.75, 3.05) is 12.4 Å². The Kier molecular flexibility index (Phi) is 8.38. The molecule has 3 heterocycles. The lowest BCUT2D eigenvalue weighted by Crippen LogP contribution is -2.29. The van der Waals surface area contributed by atoms with Gasteiger partial charge in [-0.1, -0.05) is 65.9 Å². The average molecular weight is 561 g/mol. The summed E-state index contributed by atoms with van der Waals surface area (Å²) in [7, 11) is 1.81. The number of thioether (sulfide) groups is 1. The van der Waals surface area contributed by atoms with E-state index in [2.05, 4.69) is 39.8 Å². The highest BCUT2D eigenvalue weighted by Gasteiger charge is 2.33. The minimum absolute atomic E-state index is 0.0933. The van der Waals surface area contributed by atoms with E-state index >= 15 is 0 Å². The summed E-state index contributed by atoms with van der Waals surface area (Å²) >= 11 is 2.92. The number of nitrogens with one attached hydrogen (secondary N) is 1. The van der Waals surface area contributed by atoms with Gasteiger partial charge < -0.3 is 14.6 Å². The van der Waals surface area contributed by atoms with E-state index in [0.29, 0.717) is 23.2 Å². The maximum Gasteiger partial charge on any atom is 0.258 e. The summed E-state index contributed by atoms with van der Waals surface area (Å²) in [6.45, 7) is 2.15. The summed E-state index contributed by atoms with van der Waals surface area (Å²) in [4.78, 5) is 26.6. The predicted molar refractivity (Wildman–Crippen MR) is 152 cm³/mol. The molecule has 4 aromatic rings. The number of rotatable bonds is 10. The summed E-state index contributed by atoms with van der Waals surface area (Å²) in [5.74, 6) is 1.00. The number of aryl methyl sites for hydroxylation is 1. The maximum atomic E-state index is 13.4. The lowest BCUT2D eigenvalue weighted by molar-refractivity contribution is -0.130. The Morgan fingerprint density at radius 1 is 1.08 bits per heavy atom. The van der Waals surface area contributed by atoms with Gasteiger partial charge in [-0.2, -0.15) is 5.10 Å². The Balaban J connectivity index is 1.19. The van der Waals surface area contributed by atoms with Crippen LogP contribution in [0, 0.1) is 6.92 Å². The number of para-hydroxylation sites is 1. The highest BCUT2D eigenvalue weighted by Crippen LogP contribution is 2.34. The summed E-state index contributed by atoms with van der Waals surface area (Å²) < 4.78 is 7.25. The molecule has 1 aliphatic heterocycles. The molecule has 1 aliphatic rings. The second-order valence-corrected chi connectivity index (χ2v) is 10.9. The third-order valence-electron chi connectivity index (χ3n) is 6.24. The molecule has 9 nitrogen and oxygen atoms in total. The van der Waals surface area contributed by atoms with Crippen molar-refractivity contribution in [3.8, 4) is 5.75 Å². The number of hydrogen-bond donors (Lipinski definition) is 1. The molecule has 1 unspecified atom stereocenters. The zero-order chi connectivity index (χ0) is 27.2. The maximum absolute atomic E-state index is 13.4. The fourth-order valence-electron chi connectivity index (χ4n) is 4.09. The largest absolute Gasteiger partial charge is 0.484 e. The molecule has 11 heteroatoms. The second kappa shape index (κ2) is 12.3. The van der Waals surface area contributed by atoms with Gasteiger partial charge in [-0.3, -0.25) is 9.59 Å². The molecule has 2 amide bonds. The topological polar surface area (TPSA) is 102 Å². The molecule has 0 fully saturated rings. The average Bonchev–Trinajstić information content (AvgIpc) is 3.71. The van der Waals surface area contributed by atoms with Crippen molar-refractivity contribution in [3.05, 3.63) is 93.9 Å². The second-order valence-electron chi connectivity index (χ2n) is 9.02. The quantitative estimate of drug-likeness (QED) is 0.290. The number of thiophene rings is 1. The molecule has 5 rings (SSSR count). The molecule has 200 valence electrons. The lowest BCUT2D eigenvalue weighted by atomic mass is 10.00. The number of ether oxygens (including phenoxy) is 1. The van der Waals surface area contributed by atoms with Crippen molar-refractivity contribution < 1.29 is 14.3 Å². The van der Waals surface area contributed by atoms with Gasteiger partial charge in [0.05, 0.1) is 28.9 Å². The number of carbonyl (C=O) groups excluding carboxylic acids is 2. The first-order chi connectivity index (χ1) is 19.0. The summed E-state index contributed by atoms with van der Waals surface area (Å²) in [6, 6.07) is 21.3. The van der Waals surface area contributed by atoms with Gasteiger partial charge in [-0.05, 0) is 36.1 Å². The van der Waals surface area contributed by atoms with Gasteiger partial charge in [0, 0.05) is 13.5 Å². The van der Waals surface area contributed by atoms with Gasteiger partial charge >= 0.3 is 0 Å². The van der Waals surface area contributed by atoms with Crippen LogP contribution in [0.2, 0.25) is 0 Å². The number of hydrazone groups is 1. The van der Waals surface area contributed by atoms with Gasteiger partial charge in [0.2, 0.25) is 0 Å². The molecule has 0 aliphatic carbocycles. The summed E-state index contributed by atoms with van der Waals surface area (Å²) in [6.07, 6.45) is 0.668. The number of nitrogens with zero attached hydrogens (tertiary/aromatic N) is 5. The van der Waals surface area contributed by atoms with Crippen molar-refractivity contribution in [1.82, 2.24) is 25.1 Å². The van der Waals surface area contributed by atoms with Crippen LogP contribution in [-0.4, -0.2) is 49.7 Å². The van der Waals surface area contributed by atoms with Crippen molar-refractivity contribution in [2.24, 2.45) is 12.1 Å². The van der Waals surface area contributed by atoms with Crippen molar-refractivity contribution >= 4 is 40.6 Å². The van der Waals surface area contributed by atoms with E-state index in [-0.39, 0.29) is 36.8 Å². The smallest absolute Gasteiger partial charge is 0.258 e. The zero-order valence-electron chi connectivity index (χ0n) is 21.6.